The Kier molecular flexibility index (Phi) is 5.44. The standard InChI is InChI=1S/C17H28N2O/c1-13-9-15(3)19(12-13)17-6-5-16(14(2)10-17)11-18-7-8-20-4/h5-6,10,13,15,18H,7-9,11-12H2,1-4H3. The van der Waals surface area contributed by atoms with Crippen molar-refractivity contribution in [2.24, 2.45) is 5.92 Å². The van der Waals surface area contributed by atoms with Crippen molar-refractivity contribution in [2.75, 3.05) is 31.7 Å². The van der Waals surface area contributed by atoms with Crippen molar-refractivity contribution in [2.45, 2.75) is 39.8 Å². The molecule has 112 valence electrons. The number of ether oxygens (including phenoxy) is 1. The van der Waals surface area contributed by atoms with Crippen LogP contribution in [0.15, 0.2) is 18.2 Å². The van der Waals surface area contributed by atoms with Gasteiger partial charge in [-0.25, -0.2) is 0 Å². The number of anilines is 1. The van der Waals surface area contributed by atoms with Crippen molar-refractivity contribution >= 4 is 5.69 Å². The molecular formula is C17H28N2O. The summed E-state index contributed by atoms with van der Waals surface area (Å²) < 4.78 is 5.05. The fourth-order valence-corrected chi connectivity index (χ4v) is 3.11. The molecule has 1 fully saturated rings. The Morgan fingerprint density at radius 2 is 2.15 bits per heavy atom. The first kappa shape index (κ1) is 15.3. The van der Waals surface area contributed by atoms with Crippen LogP contribution in [0.25, 0.3) is 0 Å². The van der Waals surface area contributed by atoms with Crippen LogP contribution >= 0.6 is 0 Å². The molecule has 0 saturated carbocycles. The fraction of sp³-hybridized carbons (Fsp3) is 0.647. The topological polar surface area (TPSA) is 24.5 Å². The molecule has 0 aromatic heterocycles. The second-order valence-corrected chi connectivity index (χ2v) is 6.12. The summed E-state index contributed by atoms with van der Waals surface area (Å²) in [4.78, 5) is 2.54. The summed E-state index contributed by atoms with van der Waals surface area (Å²) in [6.07, 6.45) is 1.30. The molecule has 1 aromatic carbocycles. The number of methoxy groups -OCH3 is 1. The number of hydrogen-bond donors (Lipinski definition) is 1. The molecule has 20 heavy (non-hydrogen) atoms. The highest BCUT2D eigenvalue weighted by atomic mass is 16.5. The Morgan fingerprint density at radius 3 is 2.75 bits per heavy atom. The number of nitrogens with zero attached hydrogens (tertiary/aromatic N) is 1. The molecule has 2 atom stereocenters. The quantitative estimate of drug-likeness (QED) is 0.809. The lowest BCUT2D eigenvalue weighted by molar-refractivity contribution is 0.199. The van der Waals surface area contributed by atoms with Gasteiger partial charge in [0.1, 0.15) is 0 Å². The zero-order valence-electron chi connectivity index (χ0n) is 13.3. The first-order valence-electron chi connectivity index (χ1n) is 7.67. The molecule has 0 spiro atoms. The van der Waals surface area contributed by atoms with E-state index in [0.29, 0.717) is 6.04 Å². The van der Waals surface area contributed by atoms with Crippen LogP contribution < -0.4 is 10.2 Å². The molecular weight excluding hydrogens is 248 g/mol. The van der Waals surface area contributed by atoms with E-state index in [0.717, 1.165) is 25.6 Å². The molecule has 0 aliphatic carbocycles. The van der Waals surface area contributed by atoms with Crippen molar-refractivity contribution in [3.8, 4) is 0 Å². The second kappa shape index (κ2) is 7.09. The van der Waals surface area contributed by atoms with Gasteiger partial charge in [-0.2, -0.15) is 0 Å². The summed E-state index contributed by atoms with van der Waals surface area (Å²) in [5, 5.41) is 3.41. The predicted molar refractivity (Wildman–Crippen MR) is 85.4 cm³/mol. The van der Waals surface area contributed by atoms with Gasteiger partial charge < -0.3 is 15.0 Å². The van der Waals surface area contributed by atoms with Crippen LogP contribution in [0.2, 0.25) is 0 Å². The van der Waals surface area contributed by atoms with Crippen LogP contribution in [0.3, 0.4) is 0 Å². The molecule has 1 aliphatic heterocycles. The van der Waals surface area contributed by atoms with Crippen LogP contribution in [0.1, 0.15) is 31.4 Å². The summed E-state index contributed by atoms with van der Waals surface area (Å²) in [6.45, 7) is 10.7. The van der Waals surface area contributed by atoms with Crippen molar-refractivity contribution in [1.82, 2.24) is 5.32 Å². The van der Waals surface area contributed by atoms with E-state index < -0.39 is 0 Å². The lowest BCUT2D eigenvalue weighted by atomic mass is 10.1. The molecule has 1 N–H and O–H groups in total. The highest BCUT2D eigenvalue weighted by Crippen LogP contribution is 2.29. The third-order valence-electron chi connectivity index (χ3n) is 4.24. The molecule has 2 unspecified atom stereocenters. The van der Waals surface area contributed by atoms with E-state index in [1.54, 1.807) is 7.11 Å². The first-order valence-corrected chi connectivity index (χ1v) is 7.67. The SMILES string of the molecule is COCCNCc1ccc(N2CC(C)CC2C)cc1C. The van der Waals surface area contributed by atoms with Gasteiger partial charge in [-0.3, -0.25) is 0 Å². The number of aryl methyl sites for hydroxylation is 1. The third kappa shape index (κ3) is 3.74. The largest absolute Gasteiger partial charge is 0.383 e. The maximum Gasteiger partial charge on any atom is 0.0587 e. The van der Waals surface area contributed by atoms with Crippen LogP contribution in [-0.2, 0) is 11.3 Å². The van der Waals surface area contributed by atoms with Crippen molar-refractivity contribution < 1.29 is 4.74 Å². The summed E-state index contributed by atoms with van der Waals surface area (Å²) >= 11 is 0. The summed E-state index contributed by atoms with van der Waals surface area (Å²) in [5.41, 5.74) is 4.13. The van der Waals surface area contributed by atoms with Gasteiger partial charge in [-0.15, -0.1) is 0 Å². The monoisotopic (exact) mass is 276 g/mol. The molecule has 0 amide bonds. The Labute approximate surface area is 123 Å². The Bertz CT molecular complexity index is 433. The smallest absolute Gasteiger partial charge is 0.0587 e. The van der Waals surface area contributed by atoms with Crippen LogP contribution in [-0.4, -0.2) is 32.8 Å². The van der Waals surface area contributed by atoms with Gasteiger partial charge >= 0.3 is 0 Å². The van der Waals surface area contributed by atoms with Crippen LogP contribution in [0.4, 0.5) is 5.69 Å². The molecule has 1 saturated heterocycles. The van der Waals surface area contributed by atoms with Gasteiger partial charge in [0.15, 0.2) is 0 Å². The molecule has 3 heteroatoms. The molecule has 1 aromatic rings. The first-order chi connectivity index (χ1) is 9.61. The van der Waals surface area contributed by atoms with Gasteiger partial charge in [0.2, 0.25) is 0 Å². The maximum absolute atomic E-state index is 5.05. The third-order valence-corrected chi connectivity index (χ3v) is 4.24. The van der Waals surface area contributed by atoms with E-state index in [-0.39, 0.29) is 0 Å². The average molecular weight is 276 g/mol. The summed E-state index contributed by atoms with van der Waals surface area (Å²) in [7, 11) is 1.74. The van der Waals surface area contributed by atoms with Crippen LogP contribution in [0.5, 0.6) is 0 Å². The summed E-state index contributed by atoms with van der Waals surface area (Å²) in [5.74, 6) is 0.806. The van der Waals surface area contributed by atoms with Crippen LogP contribution in [0, 0.1) is 12.8 Å². The van der Waals surface area contributed by atoms with Gasteiger partial charge in [0.25, 0.3) is 0 Å². The van der Waals surface area contributed by atoms with Gasteiger partial charge in [0, 0.05) is 38.5 Å². The van der Waals surface area contributed by atoms with Crippen molar-refractivity contribution in [1.29, 1.82) is 0 Å². The Morgan fingerprint density at radius 1 is 1.35 bits per heavy atom. The Hall–Kier alpha value is -1.06. The fourth-order valence-electron chi connectivity index (χ4n) is 3.11. The number of benzene rings is 1. The minimum absolute atomic E-state index is 0.662. The van der Waals surface area contributed by atoms with E-state index in [2.05, 4.69) is 49.2 Å². The zero-order valence-corrected chi connectivity index (χ0v) is 13.3. The Balaban J connectivity index is 1.98. The minimum Gasteiger partial charge on any atom is -0.383 e. The number of hydrogen-bond acceptors (Lipinski definition) is 3. The van der Waals surface area contributed by atoms with E-state index in [1.165, 1.54) is 29.8 Å². The van der Waals surface area contributed by atoms with E-state index >= 15 is 0 Å². The highest BCUT2D eigenvalue weighted by molar-refractivity contribution is 5.52. The predicted octanol–water partition coefficient (Wildman–Crippen LogP) is 2.97. The van der Waals surface area contributed by atoms with E-state index in [4.69, 9.17) is 4.74 Å². The molecule has 0 bridgehead atoms. The zero-order chi connectivity index (χ0) is 14.5. The summed E-state index contributed by atoms with van der Waals surface area (Å²) in [6, 6.07) is 7.53. The molecule has 1 aliphatic rings. The average Bonchev–Trinajstić information content (AvgIpc) is 2.75. The van der Waals surface area contributed by atoms with Gasteiger partial charge in [-0.05, 0) is 49.4 Å². The molecule has 1 heterocycles. The lowest BCUT2D eigenvalue weighted by Gasteiger charge is -2.25. The lowest BCUT2D eigenvalue weighted by Crippen LogP contribution is -2.26. The van der Waals surface area contributed by atoms with Crippen molar-refractivity contribution in [3.63, 3.8) is 0 Å². The highest BCUT2D eigenvalue weighted by Gasteiger charge is 2.26. The second-order valence-electron chi connectivity index (χ2n) is 6.12. The van der Waals surface area contributed by atoms with E-state index in [9.17, 15) is 0 Å². The van der Waals surface area contributed by atoms with Gasteiger partial charge in [0.05, 0.1) is 6.61 Å². The minimum atomic E-state index is 0.662. The number of rotatable bonds is 6. The molecule has 3 nitrogen and oxygen atoms in total. The van der Waals surface area contributed by atoms with Gasteiger partial charge in [-0.1, -0.05) is 13.0 Å². The normalized spacial score (nSPS) is 22.5. The van der Waals surface area contributed by atoms with E-state index in [1.807, 2.05) is 0 Å². The molecule has 2 rings (SSSR count). The number of nitrogens with one attached hydrogen (secondary N) is 1. The molecule has 0 radical (unpaired) electrons. The van der Waals surface area contributed by atoms with Crippen molar-refractivity contribution in [3.05, 3.63) is 29.3 Å². The maximum atomic E-state index is 5.05.